The normalized spacial score (nSPS) is 10.0. The fourth-order valence-corrected chi connectivity index (χ4v) is 1.74. The summed E-state index contributed by atoms with van der Waals surface area (Å²) < 4.78 is 26.6. The molecule has 0 saturated heterocycles. The van der Waals surface area contributed by atoms with Crippen molar-refractivity contribution < 1.29 is 8.78 Å². The van der Waals surface area contributed by atoms with E-state index in [4.69, 9.17) is 16.9 Å². The molecule has 2 nitrogen and oxygen atoms in total. The quantitative estimate of drug-likeness (QED) is 0.917. The minimum Gasteiger partial charge on any atom is -0.381 e. The van der Waals surface area contributed by atoms with E-state index in [-0.39, 0.29) is 12.1 Å². The van der Waals surface area contributed by atoms with Crippen LogP contribution in [-0.2, 0) is 6.54 Å². The van der Waals surface area contributed by atoms with Crippen LogP contribution in [0.5, 0.6) is 0 Å². The van der Waals surface area contributed by atoms with Crippen LogP contribution in [0.3, 0.4) is 0 Å². The van der Waals surface area contributed by atoms with Crippen LogP contribution >= 0.6 is 11.6 Å². The van der Waals surface area contributed by atoms with E-state index < -0.39 is 11.6 Å². The maximum Gasteiger partial charge on any atom is 0.141 e. The summed E-state index contributed by atoms with van der Waals surface area (Å²) in [5, 5.41) is 12.0. The molecule has 2 aromatic rings. The summed E-state index contributed by atoms with van der Waals surface area (Å²) in [7, 11) is 0. The molecule has 0 fully saturated rings. The summed E-state index contributed by atoms with van der Waals surface area (Å²) in [6.07, 6.45) is 0. The molecule has 19 heavy (non-hydrogen) atoms. The molecule has 0 aromatic heterocycles. The van der Waals surface area contributed by atoms with Crippen LogP contribution in [0.4, 0.5) is 14.5 Å². The first-order valence-electron chi connectivity index (χ1n) is 5.47. The van der Waals surface area contributed by atoms with Gasteiger partial charge in [-0.25, -0.2) is 8.78 Å². The van der Waals surface area contributed by atoms with Gasteiger partial charge >= 0.3 is 0 Å². The largest absolute Gasteiger partial charge is 0.381 e. The van der Waals surface area contributed by atoms with Gasteiger partial charge in [0.15, 0.2) is 0 Å². The third kappa shape index (κ3) is 3.21. The van der Waals surface area contributed by atoms with Crippen molar-refractivity contribution in [2.75, 3.05) is 5.32 Å². The van der Waals surface area contributed by atoms with Gasteiger partial charge in [-0.1, -0.05) is 17.7 Å². The van der Waals surface area contributed by atoms with Crippen LogP contribution in [0.2, 0.25) is 5.02 Å². The zero-order valence-corrected chi connectivity index (χ0v) is 10.5. The topological polar surface area (TPSA) is 35.8 Å². The van der Waals surface area contributed by atoms with Crippen molar-refractivity contribution in [2.45, 2.75) is 6.54 Å². The van der Waals surface area contributed by atoms with Crippen molar-refractivity contribution in [3.8, 4) is 6.07 Å². The zero-order chi connectivity index (χ0) is 13.8. The second kappa shape index (κ2) is 5.68. The smallest absolute Gasteiger partial charge is 0.141 e. The van der Waals surface area contributed by atoms with E-state index in [9.17, 15) is 8.78 Å². The highest BCUT2D eigenvalue weighted by molar-refractivity contribution is 6.30. The first-order chi connectivity index (χ1) is 9.10. The first-order valence-corrected chi connectivity index (χ1v) is 5.85. The van der Waals surface area contributed by atoms with Crippen LogP contribution in [-0.4, -0.2) is 0 Å². The molecule has 0 bridgehead atoms. The van der Waals surface area contributed by atoms with Gasteiger partial charge in [0.1, 0.15) is 17.7 Å². The predicted molar refractivity (Wildman–Crippen MR) is 69.9 cm³/mol. The average Bonchev–Trinajstić information content (AvgIpc) is 2.39. The highest BCUT2D eigenvalue weighted by atomic mass is 35.5. The number of halogens is 3. The Labute approximate surface area is 114 Å². The fourth-order valence-electron chi connectivity index (χ4n) is 1.58. The number of nitrogens with one attached hydrogen (secondary N) is 1. The van der Waals surface area contributed by atoms with Crippen LogP contribution in [0.1, 0.15) is 11.1 Å². The summed E-state index contributed by atoms with van der Waals surface area (Å²) in [4.78, 5) is 0. The molecular formula is C14H9ClF2N2. The van der Waals surface area contributed by atoms with Crippen LogP contribution < -0.4 is 5.32 Å². The van der Waals surface area contributed by atoms with E-state index >= 15 is 0 Å². The Bertz CT molecular complexity index is 650. The molecule has 96 valence electrons. The lowest BCUT2D eigenvalue weighted by atomic mass is 10.2. The number of benzene rings is 2. The number of hydrogen-bond donors (Lipinski definition) is 1. The maximum absolute atomic E-state index is 13.5. The Balaban J connectivity index is 2.13. The van der Waals surface area contributed by atoms with E-state index in [2.05, 4.69) is 5.32 Å². The molecule has 0 aliphatic rings. The summed E-state index contributed by atoms with van der Waals surface area (Å²) in [5.74, 6) is -0.992. The third-order valence-corrected chi connectivity index (χ3v) is 2.82. The van der Waals surface area contributed by atoms with Crippen LogP contribution in [0.15, 0.2) is 36.4 Å². The van der Waals surface area contributed by atoms with Gasteiger partial charge < -0.3 is 5.32 Å². The van der Waals surface area contributed by atoms with Gasteiger partial charge in [0, 0.05) is 22.8 Å². The fraction of sp³-hybridized carbons (Fsp3) is 0.0714. The molecule has 2 rings (SSSR count). The number of nitriles is 1. The minimum absolute atomic E-state index is 0.0541. The molecule has 0 radical (unpaired) electrons. The number of rotatable bonds is 3. The van der Waals surface area contributed by atoms with Gasteiger partial charge in [0.05, 0.1) is 5.56 Å². The van der Waals surface area contributed by atoms with Gasteiger partial charge in [-0.15, -0.1) is 0 Å². The summed E-state index contributed by atoms with van der Waals surface area (Å²) in [5.41, 5.74) is 0.932. The van der Waals surface area contributed by atoms with Crippen LogP contribution in [0, 0.1) is 23.0 Å². The Morgan fingerprint density at radius 2 is 1.89 bits per heavy atom. The Morgan fingerprint density at radius 3 is 2.58 bits per heavy atom. The summed E-state index contributed by atoms with van der Waals surface area (Å²) in [6.45, 7) is 0.222. The standard InChI is InChI=1S/C14H9ClF2N2/c15-11-2-1-9(14(17)6-11)8-19-12-3-4-13(16)10(5-12)7-18/h1-6,19H,8H2. The average molecular weight is 279 g/mol. The Hall–Kier alpha value is -2.12. The molecule has 2 aromatic carbocycles. The zero-order valence-electron chi connectivity index (χ0n) is 9.75. The lowest BCUT2D eigenvalue weighted by Gasteiger charge is -2.08. The Morgan fingerprint density at radius 1 is 1.11 bits per heavy atom. The van der Waals surface area contributed by atoms with E-state index in [0.717, 1.165) is 0 Å². The monoisotopic (exact) mass is 278 g/mol. The maximum atomic E-state index is 13.5. The second-order valence-corrected chi connectivity index (χ2v) is 4.33. The lowest BCUT2D eigenvalue weighted by Crippen LogP contribution is -2.02. The third-order valence-electron chi connectivity index (χ3n) is 2.58. The van der Waals surface area contributed by atoms with Crippen molar-refractivity contribution in [3.05, 3.63) is 64.2 Å². The Kier molecular flexibility index (Phi) is 3.98. The van der Waals surface area contributed by atoms with Crippen molar-refractivity contribution >= 4 is 17.3 Å². The van der Waals surface area contributed by atoms with Gasteiger partial charge in [-0.3, -0.25) is 0 Å². The molecule has 0 amide bonds. The van der Waals surface area contributed by atoms with Gasteiger partial charge in [0.25, 0.3) is 0 Å². The minimum atomic E-state index is -0.578. The van der Waals surface area contributed by atoms with E-state index in [0.29, 0.717) is 16.3 Å². The molecular weight excluding hydrogens is 270 g/mol. The molecule has 0 aliphatic carbocycles. The first kappa shape index (κ1) is 13.3. The number of anilines is 1. The van der Waals surface area contributed by atoms with Crippen LogP contribution in [0.25, 0.3) is 0 Å². The van der Waals surface area contributed by atoms with Gasteiger partial charge in [-0.05, 0) is 30.3 Å². The molecule has 5 heteroatoms. The van der Waals surface area contributed by atoms with E-state index in [1.807, 2.05) is 0 Å². The SMILES string of the molecule is N#Cc1cc(NCc2ccc(Cl)cc2F)ccc1F. The number of nitrogens with zero attached hydrogens (tertiary/aromatic N) is 1. The number of hydrogen-bond acceptors (Lipinski definition) is 2. The molecule has 0 atom stereocenters. The predicted octanol–water partition coefficient (Wildman–Crippen LogP) is 4.10. The molecule has 0 saturated carbocycles. The van der Waals surface area contributed by atoms with Crippen molar-refractivity contribution in [3.63, 3.8) is 0 Å². The van der Waals surface area contributed by atoms with Crippen molar-refractivity contribution in [2.24, 2.45) is 0 Å². The summed E-state index contributed by atoms with van der Waals surface area (Å²) >= 11 is 5.65. The highest BCUT2D eigenvalue weighted by Crippen LogP contribution is 2.18. The molecule has 0 aliphatic heterocycles. The molecule has 0 unspecified atom stereocenters. The lowest BCUT2D eigenvalue weighted by molar-refractivity contribution is 0.612. The molecule has 0 heterocycles. The van der Waals surface area contributed by atoms with Gasteiger partial charge in [0.2, 0.25) is 0 Å². The van der Waals surface area contributed by atoms with E-state index in [1.54, 1.807) is 18.2 Å². The van der Waals surface area contributed by atoms with E-state index in [1.165, 1.54) is 24.3 Å². The molecule has 0 spiro atoms. The highest BCUT2D eigenvalue weighted by Gasteiger charge is 2.05. The van der Waals surface area contributed by atoms with Crippen molar-refractivity contribution in [1.82, 2.24) is 0 Å². The van der Waals surface area contributed by atoms with Gasteiger partial charge in [-0.2, -0.15) is 5.26 Å². The second-order valence-electron chi connectivity index (χ2n) is 3.90. The summed E-state index contributed by atoms with van der Waals surface area (Å²) in [6, 6.07) is 10.2. The molecule has 1 N–H and O–H groups in total. The van der Waals surface area contributed by atoms with Crippen molar-refractivity contribution in [1.29, 1.82) is 5.26 Å².